The van der Waals surface area contributed by atoms with Crippen LogP contribution in [0.5, 0.6) is 0 Å². The van der Waals surface area contributed by atoms with Crippen molar-refractivity contribution in [2.75, 3.05) is 6.54 Å². The Morgan fingerprint density at radius 3 is 2.90 bits per heavy atom. The van der Waals surface area contributed by atoms with Crippen LogP contribution in [0.2, 0.25) is 0 Å². The van der Waals surface area contributed by atoms with Gasteiger partial charge in [-0.15, -0.1) is 5.10 Å². The van der Waals surface area contributed by atoms with Crippen molar-refractivity contribution in [2.24, 2.45) is 0 Å². The third-order valence-electron chi connectivity index (χ3n) is 3.95. The van der Waals surface area contributed by atoms with Gasteiger partial charge in [0, 0.05) is 23.3 Å². The van der Waals surface area contributed by atoms with Crippen LogP contribution < -0.4 is 5.32 Å². The van der Waals surface area contributed by atoms with Crippen molar-refractivity contribution in [1.29, 1.82) is 0 Å². The molecule has 0 atom stereocenters. The molecule has 106 valence electrons. The summed E-state index contributed by atoms with van der Waals surface area (Å²) in [6.07, 6.45) is 7.21. The van der Waals surface area contributed by atoms with Crippen molar-refractivity contribution >= 4 is 15.9 Å². The lowest BCUT2D eigenvalue weighted by Crippen LogP contribution is -2.40. The highest BCUT2D eigenvalue weighted by Crippen LogP contribution is 2.39. The monoisotopic (exact) mass is 334 g/mol. The summed E-state index contributed by atoms with van der Waals surface area (Å²) in [6.45, 7) is 1.99. The van der Waals surface area contributed by atoms with Gasteiger partial charge >= 0.3 is 0 Å². The topological polar surface area (TPSA) is 42.7 Å². The molecule has 1 aliphatic rings. The van der Waals surface area contributed by atoms with Crippen LogP contribution >= 0.6 is 15.9 Å². The zero-order valence-electron chi connectivity index (χ0n) is 11.4. The van der Waals surface area contributed by atoms with Gasteiger partial charge < -0.3 is 5.32 Å². The first kappa shape index (κ1) is 13.8. The van der Waals surface area contributed by atoms with Crippen LogP contribution in [0.15, 0.2) is 41.1 Å². The van der Waals surface area contributed by atoms with Crippen molar-refractivity contribution in [3.8, 4) is 0 Å². The molecule has 0 aliphatic heterocycles. The number of hydrogen-bond donors (Lipinski definition) is 1. The average molecular weight is 335 g/mol. The number of aryl methyl sites for hydroxylation is 1. The lowest BCUT2D eigenvalue weighted by molar-refractivity contribution is 0.287. The van der Waals surface area contributed by atoms with Crippen molar-refractivity contribution in [2.45, 2.75) is 37.8 Å². The molecule has 1 fully saturated rings. The fraction of sp³-hybridized carbons (Fsp3) is 0.467. The van der Waals surface area contributed by atoms with Crippen LogP contribution in [0.4, 0.5) is 0 Å². The van der Waals surface area contributed by atoms with Crippen molar-refractivity contribution in [3.63, 3.8) is 0 Å². The van der Waals surface area contributed by atoms with Crippen LogP contribution in [0.1, 0.15) is 30.7 Å². The highest BCUT2D eigenvalue weighted by molar-refractivity contribution is 9.10. The Morgan fingerprint density at radius 1 is 1.30 bits per heavy atom. The zero-order valence-corrected chi connectivity index (χ0v) is 13.0. The number of nitrogens with one attached hydrogen (secondary N) is 1. The SMILES string of the molecule is Brc1ccccc1C1CC(NCCCn2ccnn2)C1. The molecule has 5 heteroatoms. The van der Waals surface area contributed by atoms with Crippen LogP contribution in [0, 0.1) is 0 Å². The maximum Gasteiger partial charge on any atom is 0.0692 e. The summed E-state index contributed by atoms with van der Waals surface area (Å²) in [4.78, 5) is 0. The summed E-state index contributed by atoms with van der Waals surface area (Å²) in [6, 6.07) is 9.23. The fourth-order valence-electron chi connectivity index (χ4n) is 2.74. The van der Waals surface area contributed by atoms with E-state index in [9.17, 15) is 0 Å². The molecule has 1 aliphatic carbocycles. The first-order valence-corrected chi connectivity index (χ1v) is 7.94. The minimum Gasteiger partial charge on any atom is -0.314 e. The van der Waals surface area contributed by atoms with Gasteiger partial charge in [0.25, 0.3) is 0 Å². The summed E-state index contributed by atoms with van der Waals surface area (Å²) in [7, 11) is 0. The van der Waals surface area contributed by atoms with Gasteiger partial charge in [0.1, 0.15) is 0 Å². The zero-order chi connectivity index (χ0) is 13.8. The predicted molar refractivity (Wildman–Crippen MR) is 82.5 cm³/mol. The molecule has 1 saturated carbocycles. The maximum absolute atomic E-state index is 3.96. The van der Waals surface area contributed by atoms with E-state index < -0.39 is 0 Å². The first-order valence-electron chi connectivity index (χ1n) is 7.15. The van der Waals surface area contributed by atoms with Gasteiger partial charge in [0.15, 0.2) is 0 Å². The van der Waals surface area contributed by atoms with E-state index in [-0.39, 0.29) is 0 Å². The summed E-state index contributed by atoms with van der Waals surface area (Å²) in [5.74, 6) is 0.707. The van der Waals surface area contributed by atoms with Gasteiger partial charge in [-0.2, -0.15) is 0 Å². The largest absolute Gasteiger partial charge is 0.314 e. The predicted octanol–water partition coefficient (Wildman–Crippen LogP) is 2.97. The molecule has 0 amide bonds. The molecule has 0 spiro atoms. The highest BCUT2D eigenvalue weighted by Gasteiger charge is 2.30. The van der Waals surface area contributed by atoms with Crippen molar-refractivity contribution < 1.29 is 0 Å². The summed E-state index contributed by atoms with van der Waals surface area (Å²) in [5, 5.41) is 11.4. The number of rotatable bonds is 6. The molecule has 0 bridgehead atoms. The maximum atomic E-state index is 3.96. The third-order valence-corrected chi connectivity index (χ3v) is 4.67. The van der Waals surface area contributed by atoms with Gasteiger partial charge in [0.2, 0.25) is 0 Å². The van der Waals surface area contributed by atoms with Gasteiger partial charge in [0.05, 0.1) is 6.20 Å². The number of benzene rings is 1. The Hall–Kier alpha value is -1.20. The van der Waals surface area contributed by atoms with E-state index in [4.69, 9.17) is 0 Å². The minimum absolute atomic E-state index is 0.669. The second-order valence-electron chi connectivity index (χ2n) is 5.36. The van der Waals surface area contributed by atoms with Crippen LogP contribution in [0.3, 0.4) is 0 Å². The second-order valence-corrected chi connectivity index (χ2v) is 6.21. The Kier molecular flexibility index (Phi) is 4.47. The Morgan fingerprint density at radius 2 is 2.15 bits per heavy atom. The molecular weight excluding hydrogens is 316 g/mol. The quantitative estimate of drug-likeness (QED) is 0.826. The Bertz CT molecular complexity index is 535. The van der Waals surface area contributed by atoms with E-state index in [1.165, 1.54) is 22.9 Å². The molecule has 4 nitrogen and oxygen atoms in total. The molecule has 1 aromatic heterocycles. The van der Waals surface area contributed by atoms with Crippen molar-refractivity contribution in [3.05, 3.63) is 46.7 Å². The first-order chi connectivity index (χ1) is 9.83. The van der Waals surface area contributed by atoms with E-state index in [2.05, 4.69) is 55.8 Å². The van der Waals surface area contributed by atoms with Gasteiger partial charge in [-0.3, -0.25) is 4.68 Å². The van der Waals surface area contributed by atoms with E-state index in [0.717, 1.165) is 19.5 Å². The molecule has 20 heavy (non-hydrogen) atoms. The molecule has 0 radical (unpaired) electrons. The molecule has 0 saturated heterocycles. The van der Waals surface area contributed by atoms with E-state index in [0.29, 0.717) is 12.0 Å². The summed E-state index contributed by atoms with van der Waals surface area (Å²) in [5.41, 5.74) is 1.45. The third kappa shape index (κ3) is 3.27. The van der Waals surface area contributed by atoms with E-state index >= 15 is 0 Å². The lowest BCUT2D eigenvalue weighted by Gasteiger charge is -2.37. The molecule has 1 heterocycles. The number of hydrogen-bond acceptors (Lipinski definition) is 3. The molecule has 0 unspecified atom stereocenters. The molecule has 2 aromatic rings. The van der Waals surface area contributed by atoms with E-state index in [1.807, 2.05) is 10.9 Å². The van der Waals surface area contributed by atoms with E-state index in [1.54, 1.807) is 6.20 Å². The summed E-state index contributed by atoms with van der Waals surface area (Å²) < 4.78 is 3.13. The standard InChI is InChI=1S/C15H19BrN4/c16-15-5-2-1-4-14(15)12-10-13(11-12)17-6-3-8-20-9-7-18-19-20/h1-2,4-5,7,9,12-13,17H,3,6,8,10-11H2. The molecular formula is C15H19BrN4. The Balaban J connectivity index is 1.35. The minimum atomic E-state index is 0.669. The Labute approximate surface area is 127 Å². The van der Waals surface area contributed by atoms with Crippen LogP contribution in [-0.4, -0.2) is 27.6 Å². The van der Waals surface area contributed by atoms with Crippen molar-refractivity contribution in [1.82, 2.24) is 20.3 Å². The molecule has 1 N–H and O–H groups in total. The average Bonchev–Trinajstić information content (AvgIpc) is 2.91. The number of halogens is 1. The lowest BCUT2D eigenvalue weighted by atomic mass is 9.76. The van der Waals surface area contributed by atoms with Crippen LogP contribution in [0.25, 0.3) is 0 Å². The fourth-order valence-corrected chi connectivity index (χ4v) is 3.35. The van der Waals surface area contributed by atoms with Crippen LogP contribution in [-0.2, 0) is 6.54 Å². The smallest absolute Gasteiger partial charge is 0.0692 e. The molecule has 1 aromatic carbocycles. The highest BCUT2D eigenvalue weighted by atomic mass is 79.9. The number of aromatic nitrogens is 3. The van der Waals surface area contributed by atoms with Gasteiger partial charge in [-0.25, -0.2) is 0 Å². The summed E-state index contributed by atoms with van der Waals surface area (Å²) >= 11 is 3.64. The number of nitrogens with zero attached hydrogens (tertiary/aromatic N) is 3. The molecule has 3 rings (SSSR count). The van der Waals surface area contributed by atoms with Gasteiger partial charge in [-0.1, -0.05) is 39.3 Å². The second kappa shape index (κ2) is 6.50. The van der Waals surface area contributed by atoms with Gasteiger partial charge in [-0.05, 0) is 43.4 Å². The normalized spacial score (nSPS) is 21.6.